The van der Waals surface area contributed by atoms with E-state index < -0.39 is 0 Å². The second-order valence-electron chi connectivity index (χ2n) is 5.36. The molecule has 0 N–H and O–H groups in total. The molecule has 0 aromatic heterocycles. The van der Waals surface area contributed by atoms with Crippen molar-refractivity contribution < 1.29 is 9.59 Å². The zero-order chi connectivity index (χ0) is 15.1. The highest BCUT2D eigenvalue weighted by molar-refractivity contribution is 9.13. The van der Waals surface area contributed by atoms with Crippen molar-refractivity contribution in [3.05, 3.63) is 43.4 Å². The summed E-state index contributed by atoms with van der Waals surface area (Å²) in [6, 6.07) is 3.51. The maximum atomic E-state index is 12.7. The van der Waals surface area contributed by atoms with Gasteiger partial charge in [-0.05, 0) is 63.4 Å². The van der Waals surface area contributed by atoms with Crippen LogP contribution in [0.15, 0.2) is 32.2 Å². The van der Waals surface area contributed by atoms with Crippen LogP contribution in [0.2, 0.25) is 0 Å². The van der Waals surface area contributed by atoms with E-state index in [1.54, 1.807) is 12.1 Å². The van der Waals surface area contributed by atoms with Crippen LogP contribution in [0.1, 0.15) is 40.5 Å². The number of fused-ring (bicyclic) bond motifs is 1. The minimum Gasteiger partial charge on any atom is -0.303 e. The molecule has 1 heterocycles. The lowest BCUT2D eigenvalue weighted by Gasteiger charge is -2.20. The van der Waals surface area contributed by atoms with Crippen molar-refractivity contribution in [1.29, 1.82) is 0 Å². The topological polar surface area (TPSA) is 37.4 Å². The number of ketones is 2. The van der Waals surface area contributed by atoms with E-state index in [4.69, 9.17) is 0 Å². The van der Waals surface area contributed by atoms with Gasteiger partial charge in [-0.3, -0.25) is 9.59 Å². The van der Waals surface area contributed by atoms with Gasteiger partial charge in [0.05, 0.1) is 0 Å². The first kappa shape index (κ1) is 15.1. The Hall–Kier alpha value is -0.780. The van der Waals surface area contributed by atoms with Crippen LogP contribution in [0.3, 0.4) is 0 Å². The number of hydrogen-bond donors (Lipinski definition) is 0. The van der Waals surface area contributed by atoms with Gasteiger partial charge in [0, 0.05) is 44.3 Å². The summed E-state index contributed by atoms with van der Waals surface area (Å²) >= 11 is 6.82. The Morgan fingerprint density at radius 3 is 1.76 bits per heavy atom. The SMILES string of the molecule is CCN1CCC2=C(CC1)C(=O)c1cc(Br)c(Br)cc1C2=O. The van der Waals surface area contributed by atoms with Crippen LogP contribution in [-0.4, -0.2) is 36.1 Å². The van der Waals surface area contributed by atoms with Gasteiger partial charge >= 0.3 is 0 Å². The second-order valence-corrected chi connectivity index (χ2v) is 7.07. The molecule has 1 aliphatic carbocycles. The predicted octanol–water partition coefficient (Wildman–Crippen LogP) is 4.00. The van der Waals surface area contributed by atoms with Crippen LogP contribution in [0, 0.1) is 0 Å². The zero-order valence-corrected chi connectivity index (χ0v) is 14.9. The molecule has 0 radical (unpaired) electrons. The molecule has 0 atom stereocenters. The molecule has 0 spiro atoms. The van der Waals surface area contributed by atoms with Crippen molar-refractivity contribution >= 4 is 43.4 Å². The number of rotatable bonds is 1. The minimum atomic E-state index is 0.0192. The van der Waals surface area contributed by atoms with E-state index in [-0.39, 0.29) is 11.6 Å². The first-order chi connectivity index (χ1) is 10.0. The Bertz CT molecular complexity index is 624. The summed E-state index contributed by atoms with van der Waals surface area (Å²) in [5.74, 6) is 0.0384. The van der Waals surface area contributed by atoms with E-state index in [1.165, 1.54) is 0 Å². The maximum absolute atomic E-state index is 12.7. The number of halogens is 2. The van der Waals surface area contributed by atoms with Gasteiger partial charge in [-0.1, -0.05) is 6.92 Å². The third-order valence-corrected chi connectivity index (χ3v) is 6.11. The third kappa shape index (κ3) is 2.56. The summed E-state index contributed by atoms with van der Waals surface area (Å²) < 4.78 is 1.60. The molecule has 0 amide bonds. The molecule has 110 valence electrons. The predicted molar refractivity (Wildman–Crippen MR) is 88.9 cm³/mol. The Morgan fingerprint density at radius 1 is 0.952 bits per heavy atom. The van der Waals surface area contributed by atoms with Crippen LogP contribution >= 0.6 is 31.9 Å². The average molecular weight is 413 g/mol. The lowest BCUT2D eigenvalue weighted by molar-refractivity contribution is 0.0970. The lowest BCUT2D eigenvalue weighted by Crippen LogP contribution is -2.24. The number of Topliss-reactive ketones (excluding diaryl/α,β-unsaturated/α-hetero) is 2. The number of hydrogen-bond acceptors (Lipinski definition) is 3. The lowest BCUT2D eigenvalue weighted by atomic mass is 9.82. The van der Waals surface area contributed by atoms with Gasteiger partial charge in [-0.25, -0.2) is 0 Å². The smallest absolute Gasteiger partial charge is 0.190 e. The molecule has 0 fully saturated rings. The summed E-state index contributed by atoms with van der Waals surface area (Å²) in [6.45, 7) is 4.76. The van der Waals surface area contributed by atoms with Crippen LogP contribution in [0.25, 0.3) is 0 Å². The number of nitrogens with zero attached hydrogens (tertiary/aromatic N) is 1. The Kier molecular flexibility index (Phi) is 4.17. The van der Waals surface area contributed by atoms with Crippen molar-refractivity contribution in [2.75, 3.05) is 19.6 Å². The molecule has 3 rings (SSSR count). The largest absolute Gasteiger partial charge is 0.303 e. The van der Waals surface area contributed by atoms with E-state index in [0.29, 0.717) is 24.0 Å². The highest BCUT2D eigenvalue weighted by atomic mass is 79.9. The summed E-state index contributed by atoms with van der Waals surface area (Å²) in [4.78, 5) is 27.8. The molecular formula is C16H15Br2NO2. The van der Waals surface area contributed by atoms with Gasteiger partial charge in [0.15, 0.2) is 11.6 Å². The van der Waals surface area contributed by atoms with Crippen molar-refractivity contribution in [3.8, 4) is 0 Å². The second kappa shape index (κ2) is 5.78. The fourth-order valence-electron chi connectivity index (χ4n) is 3.02. The molecular weight excluding hydrogens is 398 g/mol. The molecule has 0 unspecified atom stereocenters. The summed E-state index contributed by atoms with van der Waals surface area (Å²) in [5.41, 5.74) is 2.49. The quantitative estimate of drug-likeness (QED) is 0.699. The normalized spacial score (nSPS) is 19.4. The average Bonchev–Trinajstić information content (AvgIpc) is 2.69. The summed E-state index contributed by atoms with van der Waals surface area (Å²) in [7, 11) is 0. The highest BCUT2D eigenvalue weighted by Crippen LogP contribution is 2.36. The van der Waals surface area contributed by atoms with Gasteiger partial charge in [0.25, 0.3) is 0 Å². The van der Waals surface area contributed by atoms with Crippen molar-refractivity contribution in [2.45, 2.75) is 19.8 Å². The van der Waals surface area contributed by atoms with E-state index in [9.17, 15) is 9.59 Å². The van der Waals surface area contributed by atoms with Crippen molar-refractivity contribution in [1.82, 2.24) is 4.90 Å². The Morgan fingerprint density at radius 2 is 1.38 bits per heavy atom. The van der Waals surface area contributed by atoms with Gasteiger partial charge < -0.3 is 4.90 Å². The molecule has 0 bridgehead atoms. The molecule has 21 heavy (non-hydrogen) atoms. The van der Waals surface area contributed by atoms with E-state index in [2.05, 4.69) is 43.7 Å². The Labute approximate surface area is 140 Å². The minimum absolute atomic E-state index is 0.0192. The van der Waals surface area contributed by atoms with Crippen molar-refractivity contribution in [3.63, 3.8) is 0 Å². The van der Waals surface area contributed by atoms with Gasteiger partial charge in [0.1, 0.15) is 0 Å². The highest BCUT2D eigenvalue weighted by Gasteiger charge is 2.33. The number of carbonyl (C=O) groups is 2. The van der Waals surface area contributed by atoms with Gasteiger partial charge in [-0.2, -0.15) is 0 Å². The van der Waals surface area contributed by atoms with Crippen LogP contribution in [0.4, 0.5) is 0 Å². The molecule has 1 aliphatic heterocycles. The van der Waals surface area contributed by atoms with Crippen molar-refractivity contribution in [2.24, 2.45) is 0 Å². The fraction of sp³-hybridized carbons (Fsp3) is 0.375. The van der Waals surface area contributed by atoms with Crippen LogP contribution < -0.4 is 0 Å². The third-order valence-electron chi connectivity index (χ3n) is 4.27. The van der Waals surface area contributed by atoms with Crippen LogP contribution in [0.5, 0.6) is 0 Å². The molecule has 1 aromatic carbocycles. The fourth-order valence-corrected chi connectivity index (χ4v) is 3.71. The van der Waals surface area contributed by atoms with Crippen LogP contribution in [-0.2, 0) is 0 Å². The summed E-state index contributed by atoms with van der Waals surface area (Å²) in [5, 5.41) is 0. The van der Waals surface area contributed by atoms with E-state index in [1.807, 2.05) is 0 Å². The van der Waals surface area contributed by atoms with Gasteiger partial charge in [-0.15, -0.1) is 0 Å². The summed E-state index contributed by atoms with van der Waals surface area (Å²) in [6.07, 6.45) is 1.34. The monoisotopic (exact) mass is 411 g/mol. The van der Waals surface area contributed by atoms with Gasteiger partial charge in [0.2, 0.25) is 0 Å². The standard InChI is InChI=1S/C16H15Br2NO2/c1-2-19-5-3-9-10(4-6-19)16(21)12-8-14(18)13(17)7-11(12)15(9)20/h7-8H,2-6H2,1H3. The molecule has 2 aliphatic rings. The molecule has 3 nitrogen and oxygen atoms in total. The molecule has 0 saturated heterocycles. The number of carbonyl (C=O) groups excluding carboxylic acids is 2. The van der Waals surface area contributed by atoms with E-state index >= 15 is 0 Å². The van der Waals surface area contributed by atoms with E-state index in [0.717, 1.165) is 39.7 Å². The maximum Gasteiger partial charge on any atom is 0.190 e. The Balaban J connectivity index is 2.08. The molecule has 5 heteroatoms. The zero-order valence-electron chi connectivity index (χ0n) is 11.7. The molecule has 0 saturated carbocycles. The first-order valence-electron chi connectivity index (χ1n) is 7.05. The molecule has 1 aromatic rings. The number of benzene rings is 1. The first-order valence-corrected chi connectivity index (χ1v) is 8.64.